The third kappa shape index (κ3) is 3.56. The Kier molecular flexibility index (Phi) is 4.15. The van der Waals surface area contributed by atoms with Gasteiger partial charge in [-0.15, -0.1) is 0 Å². The summed E-state index contributed by atoms with van der Waals surface area (Å²) < 4.78 is 0. The Balaban J connectivity index is 2.85. The summed E-state index contributed by atoms with van der Waals surface area (Å²) in [5.74, 6) is -1.19. The van der Waals surface area contributed by atoms with Crippen molar-refractivity contribution >= 4 is 18.1 Å². The minimum absolute atomic E-state index is 0.00421. The summed E-state index contributed by atoms with van der Waals surface area (Å²) in [6.07, 6.45) is 0.284. The first-order valence-corrected chi connectivity index (χ1v) is 4.70. The number of nitrogens with one attached hydrogen (secondary N) is 1. The van der Waals surface area contributed by atoms with Crippen molar-refractivity contribution in [2.45, 2.75) is 12.5 Å². The maximum absolute atomic E-state index is 10.8. The van der Waals surface area contributed by atoms with E-state index in [0.29, 0.717) is 5.56 Å². The van der Waals surface area contributed by atoms with E-state index >= 15 is 0 Å². The van der Waals surface area contributed by atoms with Crippen LogP contribution in [0.5, 0.6) is 0 Å². The molecule has 7 heteroatoms. The molecule has 0 bridgehead atoms. The molecule has 90 valence electrons. The molecule has 0 heterocycles. The van der Waals surface area contributed by atoms with Gasteiger partial charge in [0.25, 0.3) is 5.69 Å². The van der Waals surface area contributed by atoms with E-state index in [1.807, 2.05) is 0 Å². The Hall–Kier alpha value is -2.44. The van der Waals surface area contributed by atoms with Crippen LogP contribution >= 0.6 is 0 Å². The summed E-state index contributed by atoms with van der Waals surface area (Å²) >= 11 is 0. The molecule has 1 atom stereocenters. The van der Waals surface area contributed by atoms with Gasteiger partial charge in [0.15, 0.2) is 0 Å². The molecule has 0 saturated carbocycles. The third-order valence-electron chi connectivity index (χ3n) is 2.13. The lowest BCUT2D eigenvalue weighted by molar-refractivity contribution is -0.384. The van der Waals surface area contributed by atoms with Crippen LogP contribution in [0.1, 0.15) is 5.56 Å². The predicted molar refractivity (Wildman–Crippen MR) is 57.4 cm³/mol. The van der Waals surface area contributed by atoms with Crippen molar-refractivity contribution < 1.29 is 19.6 Å². The lowest BCUT2D eigenvalue weighted by Gasteiger charge is -2.10. The van der Waals surface area contributed by atoms with Gasteiger partial charge in [0, 0.05) is 18.6 Å². The lowest BCUT2D eigenvalue weighted by Crippen LogP contribution is -2.37. The fraction of sp³-hybridized carbons (Fsp3) is 0.200. The molecular weight excluding hydrogens is 228 g/mol. The average molecular weight is 238 g/mol. The average Bonchev–Trinajstić information content (AvgIpc) is 2.28. The smallest absolute Gasteiger partial charge is 0.326 e. The molecule has 1 aromatic carbocycles. The number of hydrogen-bond donors (Lipinski definition) is 2. The molecule has 7 nitrogen and oxygen atoms in total. The van der Waals surface area contributed by atoms with Gasteiger partial charge in [-0.3, -0.25) is 14.9 Å². The Morgan fingerprint density at radius 1 is 1.59 bits per heavy atom. The highest BCUT2D eigenvalue weighted by atomic mass is 16.6. The van der Waals surface area contributed by atoms with E-state index in [1.54, 1.807) is 6.07 Å². The number of benzene rings is 1. The van der Waals surface area contributed by atoms with Gasteiger partial charge in [-0.2, -0.15) is 0 Å². The molecule has 0 aliphatic heterocycles. The minimum atomic E-state index is -1.19. The van der Waals surface area contributed by atoms with Crippen molar-refractivity contribution in [3.8, 4) is 0 Å². The largest absolute Gasteiger partial charge is 0.480 e. The first kappa shape index (κ1) is 12.6. The molecule has 1 rings (SSSR count). The Bertz CT molecular complexity index is 446. The second kappa shape index (κ2) is 5.59. The van der Waals surface area contributed by atoms with Crippen molar-refractivity contribution in [1.82, 2.24) is 5.32 Å². The van der Waals surface area contributed by atoms with Crippen molar-refractivity contribution in [3.63, 3.8) is 0 Å². The van der Waals surface area contributed by atoms with E-state index in [9.17, 15) is 19.7 Å². The van der Waals surface area contributed by atoms with E-state index in [-0.39, 0.29) is 18.5 Å². The first-order chi connectivity index (χ1) is 8.04. The number of carbonyl (C=O) groups excluding carboxylic acids is 1. The highest BCUT2D eigenvalue weighted by molar-refractivity contribution is 5.76. The third-order valence-corrected chi connectivity index (χ3v) is 2.13. The number of carbonyl (C=O) groups is 2. The van der Waals surface area contributed by atoms with E-state index < -0.39 is 16.9 Å². The zero-order valence-electron chi connectivity index (χ0n) is 8.70. The molecule has 0 aliphatic rings. The molecule has 0 fully saturated rings. The SMILES string of the molecule is O=CNC(Cc1cccc([N+](=O)[O-])c1)C(=O)O. The van der Waals surface area contributed by atoms with Crippen LogP contribution < -0.4 is 5.32 Å². The number of aliphatic carboxylic acids is 1. The molecule has 0 aromatic heterocycles. The number of hydrogen-bond acceptors (Lipinski definition) is 4. The highest BCUT2D eigenvalue weighted by Gasteiger charge is 2.17. The molecule has 2 N–H and O–H groups in total. The lowest BCUT2D eigenvalue weighted by atomic mass is 10.1. The number of nitro groups is 1. The van der Waals surface area contributed by atoms with E-state index in [0.717, 1.165) is 0 Å². The van der Waals surface area contributed by atoms with Gasteiger partial charge in [0.1, 0.15) is 6.04 Å². The van der Waals surface area contributed by atoms with Gasteiger partial charge in [-0.25, -0.2) is 4.79 Å². The number of amides is 1. The molecule has 0 spiro atoms. The highest BCUT2D eigenvalue weighted by Crippen LogP contribution is 2.14. The Morgan fingerprint density at radius 2 is 2.29 bits per heavy atom. The number of rotatable bonds is 6. The zero-order chi connectivity index (χ0) is 12.8. The van der Waals surface area contributed by atoms with Gasteiger partial charge in [0.05, 0.1) is 4.92 Å². The summed E-state index contributed by atoms with van der Waals surface area (Å²) in [5.41, 5.74) is 0.360. The fourth-order valence-corrected chi connectivity index (χ4v) is 1.33. The molecule has 1 aromatic rings. The molecular formula is C10H10N2O5. The van der Waals surface area contributed by atoms with Crippen LogP contribution in [0.4, 0.5) is 5.69 Å². The zero-order valence-corrected chi connectivity index (χ0v) is 8.70. The normalized spacial score (nSPS) is 11.5. The summed E-state index contributed by atoms with van der Waals surface area (Å²) in [5, 5.41) is 21.4. The van der Waals surface area contributed by atoms with Crippen molar-refractivity contribution in [2.75, 3.05) is 0 Å². The summed E-state index contributed by atoms with van der Waals surface area (Å²) in [6, 6.07) is 4.53. The summed E-state index contributed by atoms with van der Waals surface area (Å²) in [7, 11) is 0. The number of nitro benzene ring substituents is 1. The topological polar surface area (TPSA) is 110 Å². The Labute approximate surface area is 96.2 Å². The second-order valence-electron chi connectivity index (χ2n) is 3.31. The molecule has 1 amide bonds. The summed E-state index contributed by atoms with van der Waals surface area (Å²) in [6.45, 7) is 0. The maximum Gasteiger partial charge on any atom is 0.326 e. The quantitative estimate of drug-likeness (QED) is 0.421. The van der Waals surface area contributed by atoms with Gasteiger partial charge < -0.3 is 10.4 Å². The molecule has 1 unspecified atom stereocenters. The van der Waals surface area contributed by atoms with Gasteiger partial charge >= 0.3 is 5.97 Å². The first-order valence-electron chi connectivity index (χ1n) is 4.70. The van der Waals surface area contributed by atoms with Crippen LogP contribution in [0, 0.1) is 10.1 Å². The van der Waals surface area contributed by atoms with Gasteiger partial charge in [0.2, 0.25) is 6.41 Å². The number of carboxylic acids is 1. The van der Waals surface area contributed by atoms with Crippen molar-refractivity contribution in [1.29, 1.82) is 0 Å². The van der Waals surface area contributed by atoms with Gasteiger partial charge in [-0.1, -0.05) is 12.1 Å². The van der Waals surface area contributed by atoms with E-state index in [4.69, 9.17) is 5.11 Å². The molecule has 0 radical (unpaired) electrons. The second-order valence-corrected chi connectivity index (χ2v) is 3.31. The molecule has 17 heavy (non-hydrogen) atoms. The van der Waals surface area contributed by atoms with Crippen LogP contribution in [0.15, 0.2) is 24.3 Å². The number of non-ortho nitro benzene ring substituents is 1. The minimum Gasteiger partial charge on any atom is -0.480 e. The van der Waals surface area contributed by atoms with E-state index in [2.05, 4.69) is 5.32 Å². The van der Waals surface area contributed by atoms with Crippen LogP contribution in [-0.2, 0) is 16.0 Å². The molecule has 0 aliphatic carbocycles. The number of nitrogens with zero attached hydrogens (tertiary/aromatic N) is 1. The van der Waals surface area contributed by atoms with Gasteiger partial charge in [-0.05, 0) is 5.56 Å². The van der Waals surface area contributed by atoms with Crippen LogP contribution in [-0.4, -0.2) is 28.5 Å². The van der Waals surface area contributed by atoms with Crippen molar-refractivity contribution in [3.05, 3.63) is 39.9 Å². The van der Waals surface area contributed by atoms with E-state index in [1.165, 1.54) is 18.2 Å². The van der Waals surface area contributed by atoms with Crippen LogP contribution in [0.3, 0.4) is 0 Å². The number of carboxylic acid groups (broad SMARTS) is 1. The Morgan fingerprint density at radius 3 is 2.82 bits per heavy atom. The predicted octanol–water partition coefficient (Wildman–Crippen LogP) is 0.336. The maximum atomic E-state index is 10.8. The molecule has 0 saturated heterocycles. The summed E-state index contributed by atoms with van der Waals surface area (Å²) in [4.78, 5) is 30.9. The fourth-order valence-electron chi connectivity index (χ4n) is 1.33. The standard InChI is InChI=1S/C10H10N2O5/c13-6-11-9(10(14)15)5-7-2-1-3-8(4-7)12(16)17/h1-4,6,9H,5H2,(H,11,13)(H,14,15). The van der Waals surface area contributed by atoms with Crippen molar-refractivity contribution in [2.24, 2.45) is 0 Å². The van der Waals surface area contributed by atoms with Crippen LogP contribution in [0.2, 0.25) is 0 Å². The van der Waals surface area contributed by atoms with Crippen LogP contribution in [0.25, 0.3) is 0 Å². The monoisotopic (exact) mass is 238 g/mol.